The Labute approximate surface area is 249 Å². The van der Waals surface area contributed by atoms with Gasteiger partial charge in [-0.1, -0.05) is 72.8 Å². The van der Waals surface area contributed by atoms with Crippen LogP contribution < -0.4 is 0 Å². The van der Waals surface area contributed by atoms with Crippen molar-refractivity contribution in [3.05, 3.63) is 168 Å². The normalized spacial score (nSPS) is 10.2. The number of pyridine rings is 2. The van der Waals surface area contributed by atoms with Crippen LogP contribution in [0.1, 0.15) is 16.7 Å². The predicted octanol–water partition coefficient (Wildman–Crippen LogP) is 8.80. The van der Waals surface area contributed by atoms with E-state index in [4.69, 9.17) is 0 Å². The van der Waals surface area contributed by atoms with Gasteiger partial charge in [0.05, 0.1) is 0 Å². The van der Waals surface area contributed by atoms with Crippen molar-refractivity contribution in [3.63, 3.8) is 0 Å². The molecule has 0 amide bonds. The molecular weight excluding hydrogens is 672 g/mol. The van der Waals surface area contributed by atoms with Crippen molar-refractivity contribution in [1.82, 2.24) is 9.97 Å². The first-order chi connectivity index (χ1) is 19.2. The molecule has 2 heterocycles. The van der Waals surface area contributed by atoms with Gasteiger partial charge in [-0.15, -0.1) is 65.7 Å². The van der Waals surface area contributed by atoms with Crippen LogP contribution in [0.2, 0.25) is 0 Å². The molecule has 0 saturated carbocycles. The first kappa shape index (κ1) is 28.8. The van der Waals surface area contributed by atoms with E-state index in [0.29, 0.717) is 0 Å². The molecular formula is C36H27FIrN2-2. The molecule has 0 aliphatic rings. The van der Waals surface area contributed by atoms with Crippen molar-refractivity contribution in [1.29, 1.82) is 0 Å². The monoisotopic (exact) mass is 699 g/mol. The molecule has 0 aliphatic carbocycles. The molecule has 6 rings (SSSR count). The zero-order valence-electron chi connectivity index (χ0n) is 22.0. The van der Waals surface area contributed by atoms with Gasteiger partial charge in [0.15, 0.2) is 0 Å². The van der Waals surface area contributed by atoms with E-state index in [1.165, 1.54) is 39.9 Å². The molecule has 2 aromatic heterocycles. The largest absolute Gasteiger partial charge is 0.305 e. The Balaban J connectivity index is 0.000000181. The summed E-state index contributed by atoms with van der Waals surface area (Å²) in [5.74, 6) is -0.283. The molecule has 199 valence electrons. The summed E-state index contributed by atoms with van der Waals surface area (Å²) in [5, 5.41) is 0. The molecule has 0 unspecified atom stereocenters. The van der Waals surface area contributed by atoms with E-state index in [1.807, 2.05) is 66.9 Å². The summed E-state index contributed by atoms with van der Waals surface area (Å²) in [6, 6.07) is 45.4. The minimum Gasteiger partial charge on any atom is -0.305 e. The average molecular weight is 699 g/mol. The van der Waals surface area contributed by atoms with Gasteiger partial charge < -0.3 is 9.97 Å². The van der Waals surface area contributed by atoms with Crippen LogP contribution in [-0.4, -0.2) is 9.97 Å². The van der Waals surface area contributed by atoms with Crippen LogP contribution in [0.3, 0.4) is 0 Å². The summed E-state index contributed by atoms with van der Waals surface area (Å²) in [7, 11) is 0. The number of hydrogen-bond acceptors (Lipinski definition) is 2. The summed E-state index contributed by atoms with van der Waals surface area (Å²) >= 11 is 0. The third kappa shape index (κ3) is 7.66. The van der Waals surface area contributed by atoms with Gasteiger partial charge in [0, 0.05) is 38.3 Å². The second-order valence-electron chi connectivity index (χ2n) is 9.16. The molecule has 0 fully saturated rings. The summed E-state index contributed by atoms with van der Waals surface area (Å²) in [6.45, 7) is 2.09. The van der Waals surface area contributed by atoms with E-state index in [9.17, 15) is 4.39 Å². The first-order valence-electron chi connectivity index (χ1n) is 12.8. The fraction of sp³-hybridized carbons (Fsp3) is 0.0556. The molecule has 0 aliphatic heterocycles. The predicted molar refractivity (Wildman–Crippen MR) is 156 cm³/mol. The number of hydrogen-bond donors (Lipinski definition) is 0. The molecule has 6 aromatic rings. The molecule has 0 spiro atoms. The van der Waals surface area contributed by atoms with E-state index in [-0.39, 0.29) is 25.9 Å². The van der Waals surface area contributed by atoms with Crippen LogP contribution in [0, 0.1) is 24.9 Å². The topological polar surface area (TPSA) is 25.8 Å². The fourth-order valence-electron chi connectivity index (χ4n) is 4.28. The average Bonchev–Trinajstić information content (AvgIpc) is 3.00. The van der Waals surface area contributed by atoms with E-state index < -0.39 is 0 Å². The zero-order chi connectivity index (χ0) is 26.9. The Morgan fingerprint density at radius 2 is 1.38 bits per heavy atom. The summed E-state index contributed by atoms with van der Waals surface area (Å²) in [6.07, 6.45) is 4.57. The summed E-state index contributed by atoms with van der Waals surface area (Å²) in [4.78, 5) is 8.83. The van der Waals surface area contributed by atoms with Gasteiger partial charge in [-0.05, 0) is 58.6 Å². The van der Waals surface area contributed by atoms with Gasteiger partial charge in [-0.2, -0.15) is 0 Å². The van der Waals surface area contributed by atoms with Crippen LogP contribution in [0.15, 0.2) is 134 Å². The van der Waals surface area contributed by atoms with Gasteiger partial charge in [-0.3, -0.25) is 4.39 Å². The number of halogens is 1. The quantitative estimate of drug-likeness (QED) is 0.168. The Kier molecular flexibility index (Phi) is 10.2. The Morgan fingerprint density at radius 3 is 2.08 bits per heavy atom. The molecule has 0 bridgehead atoms. The van der Waals surface area contributed by atoms with Gasteiger partial charge in [-0.25, -0.2) is 0 Å². The minimum absolute atomic E-state index is 0. The van der Waals surface area contributed by atoms with E-state index >= 15 is 0 Å². The molecule has 4 heteroatoms. The van der Waals surface area contributed by atoms with Gasteiger partial charge in [0.25, 0.3) is 0 Å². The number of aryl methyl sites for hydroxylation is 1. The van der Waals surface area contributed by atoms with Gasteiger partial charge >= 0.3 is 0 Å². The van der Waals surface area contributed by atoms with E-state index in [1.54, 1.807) is 12.3 Å². The second kappa shape index (κ2) is 14.2. The second-order valence-corrected chi connectivity index (χ2v) is 9.16. The molecule has 4 aromatic carbocycles. The van der Waals surface area contributed by atoms with Crippen molar-refractivity contribution < 1.29 is 24.5 Å². The maximum atomic E-state index is 12.9. The number of aromatic nitrogens is 2. The summed E-state index contributed by atoms with van der Waals surface area (Å²) in [5.41, 5.74) is 9.68. The number of nitrogens with zero attached hydrogens (tertiary/aromatic N) is 2. The molecule has 1 radical (unpaired) electrons. The third-order valence-electron chi connectivity index (χ3n) is 6.30. The number of benzene rings is 4. The Bertz CT molecular complexity index is 1620. The minimum atomic E-state index is -0.283. The molecule has 2 nitrogen and oxygen atoms in total. The van der Waals surface area contributed by atoms with Crippen LogP contribution in [0.25, 0.3) is 33.6 Å². The van der Waals surface area contributed by atoms with E-state index in [2.05, 4.69) is 71.5 Å². The molecule has 0 saturated heterocycles. The van der Waals surface area contributed by atoms with Crippen molar-refractivity contribution in [2.75, 3.05) is 0 Å². The molecule has 0 atom stereocenters. The fourth-order valence-corrected chi connectivity index (χ4v) is 4.28. The Morgan fingerprint density at radius 1 is 0.675 bits per heavy atom. The summed E-state index contributed by atoms with van der Waals surface area (Å²) < 4.78 is 12.9. The van der Waals surface area contributed by atoms with Gasteiger partial charge in [0.1, 0.15) is 0 Å². The van der Waals surface area contributed by atoms with E-state index in [0.717, 1.165) is 28.9 Å². The Hall–Kier alpha value is -4.24. The van der Waals surface area contributed by atoms with Gasteiger partial charge in [0.2, 0.25) is 0 Å². The van der Waals surface area contributed by atoms with Crippen molar-refractivity contribution in [2.45, 2.75) is 13.3 Å². The first-order valence-corrected chi connectivity index (χ1v) is 12.8. The standard InChI is InChI=1S/C18H13FN.C18H14N.Ir/c19-17-8-6-16(7-9-17)18-13-15(10-11-20-18)12-14-4-2-1-3-5-14;1-14-13-19-18(16-10-6-3-7-11-16)12-17(14)15-8-4-2-5-9-15;/h1-6,8-11,13H,12H2;2-10,12-13H,1H3;/q2*-1;. The molecule has 0 N–H and O–H groups in total. The van der Waals surface area contributed by atoms with Crippen molar-refractivity contribution in [3.8, 4) is 33.6 Å². The molecule has 40 heavy (non-hydrogen) atoms. The van der Waals surface area contributed by atoms with Crippen LogP contribution in [0.4, 0.5) is 4.39 Å². The van der Waals surface area contributed by atoms with Crippen LogP contribution in [0.5, 0.6) is 0 Å². The zero-order valence-corrected chi connectivity index (χ0v) is 24.4. The maximum absolute atomic E-state index is 12.9. The van der Waals surface area contributed by atoms with Crippen molar-refractivity contribution in [2.24, 2.45) is 0 Å². The number of rotatable bonds is 5. The van der Waals surface area contributed by atoms with Crippen LogP contribution >= 0.6 is 0 Å². The SMILES string of the molecule is Cc1cnc(-c2[c-]cccc2)cc1-c1ccccc1.Fc1c[c-]c(-c2cc(Cc3ccccc3)ccn2)cc1.[Ir]. The van der Waals surface area contributed by atoms with Crippen LogP contribution in [-0.2, 0) is 26.5 Å². The van der Waals surface area contributed by atoms with Crippen molar-refractivity contribution >= 4 is 0 Å². The smallest absolute Gasteiger partial charge is 0.0379 e. The maximum Gasteiger partial charge on any atom is 0.0379 e. The third-order valence-corrected chi connectivity index (χ3v) is 6.30.